The third kappa shape index (κ3) is 3.30. The molecule has 0 unspecified atom stereocenters. The Bertz CT molecular complexity index is 1050. The number of ether oxygens (including phenoxy) is 1. The number of pyridine rings is 1. The van der Waals surface area contributed by atoms with E-state index in [0.29, 0.717) is 24.3 Å². The van der Waals surface area contributed by atoms with Gasteiger partial charge in [-0.25, -0.2) is 9.97 Å². The van der Waals surface area contributed by atoms with Crippen molar-refractivity contribution in [1.82, 2.24) is 19.9 Å². The topological polar surface area (TPSA) is 110 Å². The zero-order chi connectivity index (χ0) is 19.8. The molecule has 9 nitrogen and oxygen atoms in total. The molecule has 2 aliphatic heterocycles. The Morgan fingerprint density at radius 1 is 1.10 bits per heavy atom. The molecule has 5 heterocycles. The molecule has 0 atom stereocenters. The highest BCUT2D eigenvalue weighted by Gasteiger charge is 2.30. The molecule has 5 rings (SSSR count). The Balaban J connectivity index is 1.62. The SMILES string of the molecule is NC(=O)c1csc(N2CCc3c(-c4ccncc4)nc(N4CCOCC4)nc32)n1. The molecule has 0 saturated carbocycles. The van der Waals surface area contributed by atoms with Crippen molar-refractivity contribution < 1.29 is 9.53 Å². The number of carbonyl (C=O) groups is 1. The lowest BCUT2D eigenvalue weighted by molar-refractivity contribution is 0.0996. The molecule has 1 fully saturated rings. The van der Waals surface area contributed by atoms with Crippen LogP contribution in [0.15, 0.2) is 29.9 Å². The summed E-state index contributed by atoms with van der Waals surface area (Å²) in [6, 6.07) is 3.92. The highest BCUT2D eigenvalue weighted by atomic mass is 32.1. The van der Waals surface area contributed by atoms with Gasteiger partial charge < -0.3 is 20.3 Å². The molecule has 148 valence electrons. The van der Waals surface area contributed by atoms with Crippen molar-refractivity contribution in [2.75, 3.05) is 42.6 Å². The minimum Gasteiger partial charge on any atom is -0.378 e. The number of amides is 1. The summed E-state index contributed by atoms with van der Waals surface area (Å²) in [6.45, 7) is 3.53. The zero-order valence-electron chi connectivity index (χ0n) is 15.6. The number of nitrogens with zero attached hydrogens (tertiary/aromatic N) is 6. The van der Waals surface area contributed by atoms with Crippen molar-refractivity contribution in [3.05, 3.63) is 41.2 Å². The molecule has 0 spiro atoms. The molecule has 3 aromatic rings. The predicted molar refractivity (Wildman–Crippen MR) is 110 cm³/mol. The molecule has 0 radical (unpaired) electrons. The van der Waals surface area contributed by atoms with E-state index >= 15 is 0 Å². The van der Waals surface area contributed by atoms with E-state index in [4.69, 9.17) is 20.4 Å². The second-order valence-corrected chi connectivity index (χ2v) is 7.63. The number of hydrogen-bond acceptors (Lipinski definition) is 9. The smallest absolute Gasteiger partial charge is 0.268 e. The number of hydrogen-bond donors (Lipinski definition) is 1. The van der Waals surface area contributed by atoms with Crippen LogP contribution in [0.1, 0.15) is 16.1 Å². The van der Waals surface area contributed by atoms with Gasteiger partial charge in [-0.15, -0.1) is 11.3 Å². The van der Waals surface area contributed by atoms with Crippen LogP contribution < -0.4 is 15.5 Å². The number of carbonyl (C=O) groups excluding carboxylic acids is 1. The Morgan fingerprint density at radius 3 is 2.62 bits per heavy atom. The standard InChI is InChI=1S/C19H19N7O2S/c20-16(27)14-11-29-19(22-14)26-6-3-13-15(12-1-4-21-5-2-12)23-18(24-17(13)26)25-7-9-28-10-8-25/h1-2,4-5,11H,3,6-10H2,(H2,20,27). The summed E-state index contributed by atoms with van der Waals surface area (Å²) in [4.78, 5) is 34.0. The summed E-state index contributed by atoms with van der Waals surface area (Å²) < 4.78 is 5.48. The van der Waals surface area contributed by atoms with Crippen LogP contribution in [0.2, 0.25) is 0 Å². The van der Waals surface area contributed by atoms with Crippen LogP contribution in [0.25, 0.3) is 11.3 Å². The highest BCUT2D eigenvalue weighted by Crippen LogP contribution is 2.40. The van der Waals surface area contributed by atoms with Crippen LogP contribution in [0, 0.1) is 0 Å². The molecule has 0 bridgehead atoms. The van der Waals surface area contributed by atoms with Crippen LogP contribution in [0.4, 0.5) is 16.9 Å². The fraction of sp³-hybridized carbons (Fsp3) is 0.316. The van der Waals surface area contributed by atoms with E-state index in [1.54, 1.807) is 17.8 Å². The van der Waals surface area contributed by atoms with Gasteiger partial charge in [-0.05, 0) is 18.6 Å². The van der Waals surface area contributed by atoms with Gasteiger partial charge in [0.25, 0.3) is 5.91 Å². The first kappa shape index (κ1) is 18.0. The lowest BCUT2D eigenvalue weighted by Gasteiger charge is -2.28. The van der Waals surface area contributed by atoms with Gasteiger partial charge in [-0.3, -0.25) is 9.78 Å². The van der Waals surface area contributed by atoms with Crippen molar-refractivity contribution in [2.24, 2.45) is 5.73 Å². The van der Waals surface area contributed by atoms with Gasteiger partial charge in [-0.2, -0.15) is 4.98 Å². The molecule has 1 saturated heterocycles. The number of morpholine rings is 1. The van der Waals surface area contributed by atoms with E-state index < -0.39 is 5.91 Å². The number of primary amides is 1. The van der Waals surface area contributed by atoms with E-state index in [-0.39, 0.29) is 5.69 Å². The zero-order valence-corrected chi connectivity index (χ0v) is 16.4. The lowest BCUT2D eigenvalue weighted by Crippen LogP contribution is -2.37. The third-order valence-electron chi connectivity index (χ3n) is 5.04. The Hall–Kier alpha value is -3.11. The first-order valence-electron chi connectivity index (χ1n) is 9.37. The minimum absolute atomic E-state index is 0.273. The molecular formula is C19H19N7O2S. The van der Waals surface area contributed by atoms with Gasteiger partial charge in [0.05, 0.1) is 18.9 Å². The monoisotopic (exact) mass is 409 g/mol. The van der Waals surface area contributed by atoms with Crippen LogP contribution in [0.5, 0.6) is 0 Å². The summed E-state index contributed by atoms with van der Waals surface area (Å²) in [5.74, 6) is 0.984. The minimum atomic E-state index is -0.527. The fourth-order valence-corrected chi connectivity index (χ4v) is 4.43. The maximum Gasteiger partial charge on any atom is 0.268 e. The summed E-state index contributed by atoms with van der Waals surface area (Å²) >= 11 is 1.39. The number of aromatic nitrogens is 4. The average Bonchev–Trinajstić information content (AvgIpc) is 3.41. The van der Waals surface area contributed by atoms with Crippen LogP contribution in [-0.4, -0.2) is 58.7 Å². The quantitative estimate of drug-likeness (QED) is 0.692. The summed E-state index contributed by atoms with van der Waals surface area (Å²) in [7, 11) is 0. The lowest BCUT2D eigenvalue weighted by atomic mass is 10.1. The molecule has 2 N–H and O–H groups in total. The second kappa shape index (κ2) is 7.37. The molecule has 1 amide bonds. The van der Waals surface area contributed by atoms with Crippen molar-refractivity contribution in [2.45, 2.75) is 6.42 Å². The van der Waals surface area contributed by atoms with Gasteiger partial charge in [-0.1, -0.05) is 0 Å². The van der Waals surface area contributed by atoms with E-state index in [2.05, 4.69) is 14.9 Å². The van der Waals surface area contributed by atoms with Crippen molar-refractivity contribution >= 4 is 34.1 Å². The maximum absolute atomic E-state index is 11.5. The number of anilines is 3. The molecule has 0 aliphatic carbocycles. The van der Waals surface area contributed by atoms with E-state index in [1.165, 1.54) is 11.3 Å². The number of rotatable bonds is 4. The average molecular weight is 409 g/mol. The van der Waals surface area contributed by atoms with E-state index in [9.17, 15) is 4.79 Å². The van der Waals surface area contributed by atoms with Gasteiger partial charge in [0.1, 0.15) is 11.5 Å². The molecule has 3 aromatic heterocycles. The first-order chi connectivity index (χ1) is 14.2. The summed E-state index contributed by atoms with van der Waals surface area (Å²) in [5, 5.41) is 2.40. The Kier molecular flexibility index (Phi) is 4.57. The van der Waals surface area contributed by atoms with Gasteiger partial charge >= 0.3 is 0 Å². The van der Waals surface area contributed by atoms with E-state index in [1.807, 2.05) is 17.0 Å². The number of fused-ring (bicyclic) bond motifs is 1. The van der Waals surface area contributed by atoms with Gasteiger partial charge in [0, 0.05) is 48.5 Å². The Morgan fingerprint density at radius 2 is 1.90 bits per heavy atom. The highest BCUT2D eigenvalue weighted by molar-refractivity contribution is 7.14. The molecule has 10 heteroatoms. The van der Waals surface area contributed by atoms with E-state index in [0.717, 1.165) is 48.7 Å². The largest absolute Gasteiger partial charge is 0.378 e. The van der Waals surface area contributed by atoms with Crippen LogP contribution >= 0.6 is 11.3 Å². The summed E-state index contributed by atoms with van der Waals surface area (Å²) in [6.07, 6.45) is 4.33. The molecule has 29 heavy (non-hydrogen) atoms. The van der Waals surface area contributed by atoms with Gasteiger partial charge in [0.15, 0.2) is 5.13 Å². The second-order valence-electron chi connectivity index (χ2n) is 6.79. The third-order valence-corrected chi connectivity index (χ3v) is 5.90. The summed E-state index contributed by atoms with van der Waals surface area (Å²) in [5.41, 5.74) is 8.64. The molecule has 0 aromatic carbocycles. The van der Waals surface area contributed by atoms with Crippen molar-refractivity contribution in [1.29, 1.82) is 0 Å². The fourth-order valence-electron chi connectivity index (χ4n) is 3.58. The van der Waals surface area contributed by atoms with Crippen LogP contribution in [-0.2, 0) is 11.2 Å². The van der Waals surface area contributed by atoms with Crippen LogP contribution in [0.3, 0.4) is 0 Å². The molecular weight excluding hydrogens is 390 g/mol. The number of thiazole rings is 1. The Labute approximate surface area is 171 Å². The molecule has 2 aliphatic rings. The van der Waals surface area contributed by atoms with Gasteiger partial charge in [0.2, 0.25) is 5.95 Å². The maximum atomic E-state index is 11.5. The van der Waals surface area contributed by atoms with Crippen molar-refractivity contribution in [3.8, 4) is 11.3 Å². The number of nitrogens with two attached hydrogens (primary N) is 1. The first-order valence-corrected chi connectivity index (χ1v) is 10.3. The predicted octanol–water partition coefficient (Wildman–Crippen LogP) is 1.62. The normalized spacial score (nSPS) is 16.1. The van der Waals surface area contributed by atoms with Crippen molar-refractivity contribution in [3.63, 3.8) is 0 Å².